The summed E-state index contributed by atoms with van der Waals surface area (Å²) in [7, 11) is 2.92. The van der Waals surface area contributed by atoms with Gasteiger partial charge in [-0.05, 0) is 85.0 Å². The van der Waals surface area contributed by atoms with E-state index in [1.165, 1.54) is 14.2 Å². The maximum Gasteiger partial charge on any atom is 0.313 e. The van der Waals surface area contributed by atoms with Crippen LogP contribution in [0.2, 0.25) is 0 Å². The van der Waals surface area contributed by atoms with Crippen LogP contribution >= 0.6 is 0 Å². The van der Waals surface area contributed by atoms with E-state index in [0.717, 1.165) is 22.4 Å². The van der Waals surface area contributed by atoms with Gasteiger partial charge in [0, 0.05) is 28.6 Å². The highest BCUT2D eigenvalue weighted by Crippen LogP contribution is 2.66. The Balaban J connectivity index is 1.12. The number of anilines is 2. The summed E-state index contributed by atoms with van der Waals surface area (Å²) in [5.74, 6) is -0.798. The van der Waals surface area contributed by atoms with Gasteiger partial charge in [0.2, 0.25) is 12.5 Å². The number of fused-ring (bicyclic) bond motifs is 5. The third kappa shape index (κ3) is 4.25. The Hall–Kier alpha value is -5.13. The fourth-order valence-corrected chi connectivity index (χ4v) is 8.65. The quantitative estimate of drug-likeness (QED) is 0.282. The number of phenolic OH excluding ortho intramolecular Hbond substituents is 1. The van der Waals surface area contributed by atoms with E-state index >= 15 is 0 Å². The van der Waals surface area contributed by atoms with Crippen LogP contribution in [0.4, 0.5) is 11.4 Å². The number of esters is 2. The lowest BCUT2D eigenvalue weighted by molar-refractivity contribution is -0.165. The Morgan fingerprint density at radius 2 is 1.51 bits per heavy atom. The minimum absolute atomic E-state index is 0.0842. The number of methoxy groups -OCH3 is 2. The molecule has 1 saturated carbocycles. The first kappa shape index (κ1) is 31.2. The summed E-state index contributed by atoms with van der Waals surface area (Å²) in [6.45, 7) is 6.01. The van der Waals surface area contributed by atoms with Crippen LogP contribution in [0.3, 0.4) is 0 Å². The number of hydrogen-bond acceptors (Lipinski definition) is 11. The number of carbonyl (C=O) groups is 3. The monoisotopic (exact) mass is 670 g/mol. The van der Waals surface area contributed by atoms with Crippen molar-refractivity contribution in [3.05, 3.63) is 65.2 Å². The van der Waals surface area contributed by atoms with E-state index in [2.05, 4.69) is 10.6 Å². The standard InChI is InChI=1S/C37H38N2O10/c1-35(2)36(3)10-11-37(35,49-34(36)43)33(42)39-20-8-6-19(7-9-20)38-30-22-15-25-24(47-17-48-25)14-21(22)28(29-23(30)16-46-32(29)41)18-12-26(44-4)31(40)27(13-18)45-5/h6-9,12-15,23,28-30,38,40H,10-11,16-17H2,1-5H3,(H,39,42)/t23-,28+,29-,30+,36-,37+/m0/s1. The van der Waals surface area contributed by atoms with Gasteiger partial charge < -0.3 is 44.2 Å². The van der Waals surface area contributed by atoms with Crippen molar-refractivity contribution in [2.45, 2.75) is 51.2 Å². The van der Waals surface area contributed by atoms with E-state index < -0.39 is 28.3 Å². The minimum Gasteiger partial charge on any atom is -0.502 e. The molecule has 12 nitrogen and oxygen atoms in total. The molecule has 2 aliphatic carbocycles. The van der Waals surface area contributed by atoms with Crippen molar-refractivity contribution < 1.29 is 47.9 Å². The van der Waals surface area contributed by atoms with E-state index in [1.54, 1.807) is 24.3 Å². The van der Waals surface area contributed by atoms with E-state index in [4.69, 9.17) is 28.4 Å². The van der Waals surface area contributed by atoms with E-state index in [-0.39, 0.29) is 60.5 Å². The molecule has 3 N–H and O–H groups in total. The van der Waals surface area contributed by atoms with Gasteiger partial charge in [-0.3, -0.25) is 14.4 Å². The second kappa shape index (κ2) is 10.7. The lowest BCUT2D eigenvalue weighted by Gasteiger charge is -2.40. The number of nitrogens with one attached hydrogen (secondary N) is 2. The number of carbonyl (C=O) groups excluding carboxylic acids is 3. The van der Waals surface area contributed by atoms with Gasteiger partial charge >= 0.3 is 11.9 Å². The molecular weight excluding hydrogens is 632 g/mol. The van der Waals surface area contributed by atoms with Crippen LogP contribution in [0.25, 0.3) is 0 Å². The van der Waals surface area contributed by atoms with Gasteiger partial charge in [-0.2, -0.15) is 0 Å². The fraction of sp³-hybridized carbons (Fsp3) is 0.432. The number of amides is 1. The zero-order chi connectivity index (χ0) is 34.5. The summed E-state index contributed by atoms with van der Waals surface area (Å²) in [4.78, 5) is 39.9. The fourth-order valence-electron chi connectivity index (χ4n) is 8.65. The molecule has 0 radical (unpaired) electrons. The van der Waals surface area contributed by atoms with Crippen LogP contribution in [0.15, 0.2) is 48.5 Å². The van der Waals surface area contributed by atoms with Gasteiger partial charge in [0.25, 0.3) is 5.91 Å². The summed E-state index contributed by atoms with van der Waals surface area (Å²) >= 11 is 0. The zero-order valence-corrected chi connectivity index (χ0v) is 27.9. The number of ether oxygens (including phenoxy) is 6. The number of cyclic esters (lactones) is 1. The number of hydrogen-bond donors (Lipinski definition) is 3. The van der Waals surface area contributed by atoms with Crippen LogP contribution in [-0.4, -0.2) is 56.2 Å². The molecule has 0 aromatic heterocycles. The molecule has 3 aromatic carbocycles. The number of phenols is 1. The molecule has 12 heteroatoms. The Labute approximate surface area is 283 Å². The summed E-state index contributed by atoms with van der Waals surface area (Å²) in [6.07, 6.45) is 1.07. The largest absolute Gasteiger partial charge is 0.502 e. The second-order valence-electron chi connectivity index (χ2n) is 14.2. The minimum atomic E-state index is -1.22. The Morgan fingerprint density at radius 1 is 0.878 bits per heavy atom. The van der Waals surface area contributed by atoms with Gasteiger partial charge in [0.05, 0.1) is 38.2 Å². The average molecular weight is 671 g/mol. The highest BCUT2D eigenvalue weighted by molar-refractivity contribution is 6.03. The maximum atomic E-state index is 13.6. The zero-order valence-electron chi connectivity index (χ0n) is 27.9. The summed E-state index contributed by atoms with van der Waals surface area (Å²) < 4.78 is 33.9. The first-order valence-electron chi connectivity index (χ1n) is 16.4. The van der Waals surface area contributed by atoms with Crippen molar-refractivity contribution in [3.63, 3.8) is 0 Å². The van der Waals surface area contributed by atoms with Crippen molar-refractivity contribution in [1.29, 1.82) is 0 Å². The van der Waals surface area contributed by atoms with E-state index in [9.17, 15) is 19.5 Å². The average Bonchev–Trinajstić information content (AvgIpc) is 3.79. The predicted molar refractivity (Wildman–Crippen MR) is 175 cm³/mol. The smallest absolute Gasteiger partial charge is 0.313 e. The first-order chi connectivity index (χ1) is 23.4. The molecule has 256 valence electrons. The summed E-state index contributed by atoms with van der Waals surface area (Å²) in [5.41, 5.74) is 1.22. The van der Waals surface area contributed by atoms with Gasteiger partial charge in [-0.1, -0.05) is 13.8 Å². The predicted octanol–water partition coefficient (Wildman–Crippen LogP) is 5.29. The van der Waals surface area contributed by atoms with E-state index in [1.807, 2.05) is 45.0 Å². The molecule has 2 bridgehead atoms. The second-order valence-corrected chi connectivity index (χ2v) is 14.2. The van der Waals surface area contributed by atoms with Crippen LogP contribution in [0.1, 0.15) is 62.3 Å². The molecule has 3 heterocycles. The molecule has 1 amide bonds. The molecule has 5 aliphatic rings. The molecule has 3 aliphatic heterocycles. The molecule has 3 fully saturated rings. The lowest BCUT2D eigenvalue weighted by Crippen LogP contribution is -2.50. The number of aromatic hydroxyl groups is 1. The molecule has 49 heavy (non-hydrogen) atoms. The van der Waals surface area contributed by atoms with Crippen LogP contribution in [0, 0.1) is 22.7 Å². The normalized spacial score (nSPS) is 29.8. The summed E-state index contributed by atoms with van der Waals surface area (Å²) in [6, 6.07) is 14.3. The van der Waals surface area contributed by atoms with Crippen molar-refractivity contribution in [2.75, 3.05) is 38.3 Å². The Morgan fingerprint density at radius 3 is 2.10 bits per heavy atom. The summed E-state index contributed by atoms with van der Waals surface area (Å²) in [5, 5.41) is 17.3. The number of benzene rings is 3. The molecule has 2 saturated heterocycles. The third-order valence-electron chi connectivity index (χ3n) is 12.0. The Kier molecular flexibility index (Phi) is 6.79. The van der Waals surface area contributed by atoms with Gasteiger partial charge in [-0.25, -0.2) is 0 Å². The van der Waals surface area contributed by atoms with Gasteiger partial charge in [0.1, 0.15) is 0 Å². The van der Waals surface area contributed by atoms with Crippen LogP contribution < -0.4 is 29.6 Å². The Bertz CT molecular complexity index is 1880. The molecule has 8 rings (SSSR count). The molecule has 3 aromatic rings. The lowest BCUT2D eigenvalue weighted by atomic mass is 9.65. The van der Waals surface area contributed by atoms with Gasteiger partial charge in [-0.15, -0.1) is 0 Å². The van der Waals surface area contributed by atoms with Crippen molar-refractivity contribution in [3.8, 4) is 28.7 Å². The van der Waals surface area contributed by atoms with Gasteiger partial charge in [0.15, 0.2) is 28.6 Å². The topological polar surface area (TPSA) is 151 Å². The van der Waals surface area contributed by atoms with Crippen molar-refractivity contribution in [1.82, 2.24) is 0 Å². The molecule has 0 spiro atoms. The third-order valence-corrected chi connectivity index (χ3v) is 12.0. The van der Waals surface area contributed by atoms with E-state index in [0.29, 0.717) is 30.0 Å². The van der Waals surface area contributed by atoms with Crippen molar-refractivity contribution >= 4 is 29.2 Å². The highest BCUT2D eigenvalue weighted by atomic mass is 16.7. The number of rotatable bonds is 7. The maximum absolute atomic E-state index is 13.6. The highest BCUT2D eigenvalue weighted by Gasteiger charge is 2.75. The van der Waals surface area contributed by atoms with Crippen molar-refractivity contribution in [2.24, 2.45) is 22.7 Å². The first-order valence-corrected chi connectivity index (χ1v) is 16.4. The molecule has 6 atom stereocenters. The van der Waals surface area contributed by atoms with Crippen LogP contribution in [-0.2, 0) is 23.9 Å². The molecular formula is C37H38N2O10. The SMILES string of the molecule is COc1cc([C@@H]2c3cc4c(cc3[C@@H](Nc3ccc(NC(=O)[C@@]56CC[C@@](C)(C(=O)O5)C6(C)C)cc3)[C@H]3COC(=O)[C@H]23)OCO4)cc(OC)c1O. The molecule has 0 unspecified atom stereocenters. The van der Waals surface area contributed by atoms with Crippen LogP contribution in [0.5, 0.6) is 28.7 Å².